The van der Waals surface area contributed by atoms with Crippen LogP contribution in [0.1, 0.15) is 45.6 Å². The maximum atomic E-state index is 14.4. The van der Waals surface area contributed by atoms with Gasteiger partial charge in [0.25, 0.3) is 5.60 Å². The molecule has 4 rings (SSSR count). The number of benzene rings is 1. The van der Waals surface area contributed by atoms with E-state index < -0.39 is 64.0 Å². The number of esters is 2. The Labute approximate surface area is 200 Å². The summed E-state index contributed by atoms with van der Waals surface area (Å²) in [6.45, 7) is 4.68. The summed E-state index contributed by atoms with van der Waals surface area (Å²) in [4.78, 5) is 25.7. The molecule has 1 saturated heterocycles. The zero-order valence-corrected chi connectivity index (χ0v) is 19.9. The highest BCUT2D eigenvalue weighted by molar-refractivity contribution is 5.84. The normalized spacial score (nSPS) is 38.5. The van der Waals surface area contributed by atoms with E-state index in [-0.39, 0.29) is 19.3 Å². The van der Waals surface area contributed by atoms with E-state index in [4.69, 9.17) is 14.2 Å². The Morgan fingerprint density at radius 2 is 1.77 bits per heavy atom. The molecule has 7 nitrogen and oxygen atoms in total. The van der Waals surface area contributed by atoms with Crippen molar-refractivity contribution in [3.8, 4) is 0 Å². The largest absolute Gasteiger partial charge is 0.459 e. The monoisotopic (exact) mass is 498 g/mol. The molecule has 192 valence electrons. The smallest absolute Gasteiger partial charge is 0.432 e. The number of ether oxygens (including phenoxy) is 3. The summed E-state index contributed by atoms with van der Waals surface area (Å²) in [6.07, 6.45) is -5.37. The van der Waals surface area contributed by atoms with E-state index in [1.807, 2.05) is 0 Å². The second-order valence-corrected chi connectivity index (χ2v) is 10.1. The summed E-state index contributed by atoms with van der Waals surface area (Å²) in [7, 11) is 0.804. The highest BCUT2D eigenvalue weighted by Gasteiger charge is 2.72. The van der Waals surface area contributed by atoms with Crippen LogP contribution in [0.4, 0.5) is 13.2 Å². The third-order valence-corrected chi connectivity index (χ3v) is 8.31. The molecule has 35 heavy (non-hydrogen) atoms. The molecule has 1 aromatic rings. The molecular weight excluding hydrogens is 469 g/mol. The van der Waals surface area contributed by atoms with Crippen LogP contribution in [0.15, 0.2) is 42.0 Å². The minimum Gasteiger partial charge on any atom is -0.459 e. The summed E-state index contributed by atoms with van der Waals surface area (Å²) >= 11 is 0. The number of rotatable bonds is 4. The van der Waals surface area contributed by atoms with Crippen LogP contribution < -0.4 is 0 Å². The number of fused-ring (bicyclic) bond motifs is 3. The lowest BCUT2D eigenvalue weighted by atomic mass is 9.53. The van der Waals surface area contributed by atoms with Crippen molar-refractivity contribution in [3.05, 3.63) is 47.5 Å². The Balaban J connectivity index is 1.72. The number of methoxy groups -OCH3 is 1. The van der Waals surface area contributed by atoms with Crippen LogP contribution >= 0.6 is 0 Å². The van der Waals surface area contributed by atoms with Gasteiger partial charge in [-0.05, 0) is 26.7 Å². The third kappa shape index (κ3) is 3.37. The fourth-order valence-corrected chi connectivity index (χ4v) is 6.06. The second-order valence-electron chi connectivity index (χ2n) is 10.1. The van der Waals surface area contributed by atoms with Gasteiger partial charge in [0.2, 0.25) is 0 Å². The molecule has 2 N–H and O–H groups in total. The first-order valence-electron chi connectivity index (χ1n) is 11.4. The molecule has 1 heterocycles. The van der Waals surface area contributed by atoms with E-state index in [2.05, 4.69) is 0 Å². The van der Waals surface area contributed by atoms with E-state index >= 15 is 0 Å². The standard InChI is InChI=1S/C25H29F3O7/c1-14-10-11-16(21(2)12-13-23(32)18(17(14)21)35-19(29)22(23,3)31)34-20(30)24(33-4,25(26,27)28)15-8-6-5-7-9-15/h5-10,16-18,31-32H,11-13H2,1-4H3/t16-,17-,18-,21+,22+,23-,24+/m0/s1. The van der Waals surface area contributed by atoms with Gasteiger partial charge in [-0.25, -0.2) is 9.59 Å². The van der Waals surface area contributed by atoms with Gasteiger partial charge in [-0.2, -0.15) is 13.2 Å². The summed E-state index contributed by atoms with van der Waals surface area (Å²) < 4.78 is 58.9. The minimum atomic E-state index is -5.12. The molecule has 0 spiro atoms. The molecule has 1 aromatic carbocycles. The number of alkyl halides is 3. The highest BCUT2D eigenvalue weighted by atomic mass is 19.4. The lowest BCUT2D eigenvalue weighted by Crippen LogP contribution is -2.65. The van der Waals surface area contributed by atoms with E-state index in [1.165, 1.54) is 25.1 Å². The molecule has 1 saturated carbocycles. The number of carbonyl (C=O) groups excluding carboxylic acids is 2. The molecule has 7 atom stereocenters. The van der Waals surface area contributed by atoms with Gasteiger partial charge < -0.3 is 24.4 Å². The van der Waals surface area contributed by atoms with Crippen molar-refractivity contribution >= 4 is 11.9 Å². The van der Waals surface area contributed by atoms with Crippen molar-refractivity contribution in [3.63, 3.8) is 0 Å². The van der Waals surface area contributed by atoms with E-state index in [1.54, 1.807) is 19.9 Å². The maximum absolute atomic E-state index is 14.4. The number of halogens is 3. The molecule has 0 bridgehead atoms. The summed E-state index contributed by atoms with van der Waals surface area (Å²) in [5.74, 6) is -3.26. The Hall–Kier alpha value is -2.43. The molecule has 0 aromatic heterocycles. The van der Waals surface area contributed by atoms with Gasteiger partial charge in [0.15, 0.2) is 5.60 Å². The van der Waals surface area contributed by atoms with Gasteiger partial charge >= 0.3 is 18.1 Å². The predicted octanol–water partition coefficient (Wildman–Crippen LogP) is 3.18. The molecular formula is C25H29F3O7. The molecule has 2 aliphatic carbocycles. The number of aliphatic hydroxyl groups is 2. The zero-order valence-electron chi connectivity index (χ0n) is 19.9. The molecule has 0 radical (unpaired) electrons. The summed E-state index contributed by atoms with van der Waals surface area (Å²) in [6, 6.07) is 6.55. The summed E-state index contributed by atoms with van der Waals surface area (Å²) in [5.41, 5.74) is -8.03. The van der Waals surface area contributed by atoms with E-state index in [9.17, 15) is 33.0 Å². The van der Waals surface area contributed by atoms with Gasteiger partial charge in [0.05, 0.1) is 0 Å². The van der Waals surface area contributed by atoms with Gasteiger partial charge in [0, 0.05) is 30.4 Å². The molecule has 1 aliphatic heterocycles. The predicted molar refractivity (Wildman–Crippen MR) is 116 cm³/mol. The van der Waals surface area contributed by atoms with Gasteiger partial charge in [-0.1, -0.05) is 48.9 Å². The van der Waals surface area contributed by atoms with E-state index in [0.717, 1.165) is 24.8 Å². The maximum Gasteiger partial charge on any atom is 0.432 e. The number of hydrogen-bond donors (Lipinski definition) is 2. The van der Waals surface area contributed by atoms with E-state index in [0.29, 0.717) is 0 Å². The Morgan fingerprint density at radius 1 is 1.14 bits per heavy atom. The molecule has 10 heteroatoms. The molecule has 0 amide bonds. The van der Waals surface area contributed by atoms with Crippen molar-refractivity contribution in [1.29, 1.82) is 0 Å². The fraction of sp³-hybridized carbons (Fsp3) is 0.600. The molecule has 3 aliphatic rings. The average Bonchev–Trinajstić information content (AvgIpc) is 2.96. The molecule has 2 fully saturated rings. The van der Waals surface area contributed by atoms with Crippen molar-refractivity contribution in [1.82, 2.24) is 0 Å². The highest BCUT2D eigenvalue weighted by Crippen LogP contribution is 2.59. The Kier molecular flexibility index (Phi) is 5.89. The van der Waals surface area contributed by atoms with Crippen LogP contribution in [-0.4, -0.2) is 58.8 Å². The third-order valence-electron chi connectivity index (χ3n) is 8.31. The van der Waals surface area contributed by atoms with Crippen molar-refractivity contribution in [2.24, 2.45) is 11.3 Å². The summed E-state index contributed by atoms with van der Waals surface area (Å²) in [5, 5.41) is 21.9. The van der Waals surface area contributed by atoms with Crippen molar-refractivity contribution in [2.45, 2.75) is 75.2 Å². The minimum absolute atomic E-state index is 0.0713. The van der Waals surface area contributed by atoms with Crippen LogP contribution in [0, 0.1) is 11.3 Å². The zero-order chi connectivity index (χ0) is 26.0. The first kappa shape index (κ1) is 25.7. The van der Waals surface area contributed by atoms with Gasteiger partial charge in [0.1, 0.15) is 17.8 Å². The quantitative estimate of drug-likeness (QED) is 0.486. The molecule has 0 unspecified atom stereocenters. The van der Waals surface area contributed by atoms with Crippen LogP contribution in [0.2, 0.25) is 0 Å². The first-order valence-corrected chi connectivity index (χ1v) is 11.4. The first-order chi connectivity index (χ1) is 16.2. The van der Waals surface area contributed by atoms with Gasteiger partial charge in [-0.3, -0.25) is 0 Å². The van der Waals surface area contributed by atoms with Gasteiger partial charge in [-0.15, -0.1) is 0 Å². The second kappa shape index (κ2) is 8.04. The van der Waals surface area contributed by atoms with Crippen molar-refractivity contribution < 1.29 is 47.2 Å². The topological polar surface area (TPSA) is 102 Å². The van der Waals surface area contributed by atoms with Crippen LogP contribution in [-0.2, 0) is 29.4 Å². The number of hydrogen-bond acceptors (Lipinski definition) is 7. The Bertz CT molecular complexity index is 1050. The SMILES string of the molecule is CO[C@@](C(=O)O[C@H]1CC=C(C)[C@H]2[C@@H]3OC(=O)[C@@](C)(O)[C@]3(O)CC[C@]12C)(c1ccccc1)C(F)(F)F. The average molecular weight is 498 g/mol. The Morgan fingerprint density at radius 3 is 2.34 bits per heavy atom. The lowest BCUT2D eigenvalue weighted by molar-refractivity contribution is -0.282. The number of carbonyl (C=O) groups is 2. The lowest BCUT2D eigenvalue weighted by Gasteiger charge is -2.55. The van der Waals surface area contributed by atoms with Crippen LogP contribution in [0.25, 0.3) is 0 Å². The van der Waals surface area contributed by atoms with Crippen LogP contribution in [0.3, 0.4) is 0 Å². The van der Waals surface area contributed by atoms with Crippen molar-refractivity contribution in [2.75, 3.05) is 7.11 Å². The van der Waals surface area contributed by atoms with Crippen LogP contribution in [0.5, 0.6) is 0 Å². The fourth-order valence-electron chi connectivity index (χ4n) is 6.06.